The predicted molar refractivity (Wildman–Crippen MR) is 81.5 cm³/mol. The van der Waals surface area contributed by atoms with E-state index in [0.29, 0.717) is 5.69 Å². The van der Waals surface area contributed by atoms with Gasteiger partial charge in [0.2, 0.25) is 5.91 Å². The summed E-state index contributed by atoms with van der Waals surface area (Å²) in [5.74, 6) is -4.04. The van der Waals surface area contributed by atoms with E-state index < -0.39 is 23.6 Å². The number of benzene rings is 1. The van der Waals surface area contributed by atoms with E-state index in [0.717, 1.165) is 11.1 Å². The van der Waals surface area contributed by atoms with Crippen molar-refractivity contribution in [1.82, 2.24) is 0 Å². The maximum Gasteiger partial charge on any atom is 0.229 e. The van der Waals surface area contributed by atoms with Gasteiger partial charge in [-0.2, -0.15) is 0 Å². The first-order valence-electron chi connectivity index (χ1n) is 7.53. The largest absolute Gasteiger partial charge is 0.550 e. The Hall–Kier alpha value is -2.43. The molecule has 2 bridgehead atoms. The van der Waals surface area contributed by atoms with Gasteiger partial charge in [0, 0.05) is 29.4 Å². The van der Waals surface area contributed by atoms with Crippen LogP contribution in [0, 0.1) is 29.5 Å². The highest BCUT2D eigenvalue weighted by Gasteiger charge is 2.52. The first-order valence-corrected chi connectivity index (χ1v) is 7.53. The Kier molecular flexibility index (Phi) is 3.80. The van der Waals surface area contributed by atoms with Crippen LogP contribution in [0.1, 0.15) is 13.8 Å². The fourth-order valence-electron chi connectivity index (χ4n) is 3.79. The molecule has 23 heavy (non-hydrogen) atoms. The van der Waals surface area contributed by atoms with Crippen LogP contribution >= 0.6 is 0 Å². The van der Waals surface area contributed by atoms with Gasteiger partial charge in [0.1, 0.15) is 5.82 Å². The van der Waals surface area contributed by atoms with Crippen LogP contribution in [0.15, 0.2) is 47.6 Å². The number of carbonyl (C=O) groups is 2. The van der Waals surface area contributed by atoms with Crippen LogP contribution in [-0.4, -0.2) is 11.9 Å². The van der Waals surface area contributed by atoms with E-state index in [2.05, 4.69) is 5.32 Å². The monoisotopic (exact) mass is 314 g/mol. The van der Waals surface area contributed by atoms with Gasteiger partial charge in [-0.1, -0.05) is 23.3 Å². The lowest BCUT2D eigenvalue weighted by molar-refractivity contribution is -0.313. The van der Waals surface area contributed by atoms with Crippen molar-refractivity contribution < 1.29 is 19.1 Å². The van der Waals surface area contributed by atoms with Crippen molar-refractivity contribution in [2.24, 2.45) is 23.7 Å². The van der Waals surface area contributed by atoms with Crippen LogP contribution < -0.4 is 10.4 Å². The van der Waals surface area contributed by atoms with Crippen molar-refractivity contribution in [3.63, 3.8) is 0 Å². The smallest absolute Gasteiger partial charge is 0.229 e. The molecule has 120 valence electrons. The van der Waals surface area contributed by atoms with E-state index >= 15 is 0 Å². The van der Waals surface area contributed by atoms with Crippen molar-refractivity contribution >= 4 is 17.6 Å². The topological polar surface area (TPSA) is 69.2 Å². The number of anilines is 1. The van der Waals surface area contributed by atoms with Gasteiger partial charge in [0.25, 0.3) is 0 Å². The second kappa shape index (κ2) is 5.65. The van der Waals surface area contributed by atoms with Crippen LogP contribution in [0.3, 0.4) is 0 Å². The second-order valence-corrected chi connectivity index (χ2v) is 6.26. The minimum atomic E-state index is -1.21. The zero-order chi connectivity index (χ0) is 16.7. The SMILES string of the molecule is CC(C)=C1[C@H]2C=C[C@@H]1[C@H](C(=O)[O-])[C@@H]2C(=O)Nc1ccc(F)cc1. The zero-order valence-electron chi connectivity index (χ0n) is 12.9. The van der Waals surface area contributed by atoms with Crippen LogP contribution in [0.5, 0.6) is 0 Å². The lowest BCUT2D eigenvalue weighted by Crippen LogP contribution is -2.42. The number of hydrogen-bond donors (Lipinski definition) is 1. The number of fused-ring (bicyclic) bond motifs is 2. The Morgan fingerprint density at radius 1 is 1.04 bits per heavy atom. The van der Waals surface area contributed by atoms with Crippen LogP contribution in [0.25, 0.3) is 0 Å². The molecule has 2 aliphatic carbocycles. The lowest BCUT2D eigenvalue weighted by Gasteiger charge is -2.27. The molecule has 3 rings (SSSR count). The molecular weight excluding hydrogens is 297 g/mol. The number of halogens is 1. The molecule has 0 saturated heterocycles. The number of aliphatic carboxylic acids is 1. The summed E-state index contributed by atoms with van der Waals surface area (Å²) in [6.07, 6.45) is 3.76. The number of allylic oxidation sites excluding steroid dienone is 4. The summed E-state index contributed by atoms with van der Waals surface area (Å²) < 4.78 is 12.9. The fraction of sp³-hybridized carbons (Fsp3) is 0.333. The maximum atomic E-state index is 12.9. The predicted octanol–water partition coefficient (Wildman–Crippen LogP) is 1.90. The van der Waals surface area contributed by atoms with E-state index in [1.54, 1.807) is 0 Å². The third-order valence-corrected chi connectivity index (χ3v) is 4.67. The molecule has 0 spiro atoms. The van der Waals surface area contributed by atoms with Gasteiger partial charge in [-0.25, -0.2) is 4.39 Å². The molecule has 0 aromatic heterocycles. The summed E-state index contributed by atoms with van der Waals surface area (Å²) in [5.41, 5.74) is 2.48. The number of nitrogens with one attached hydrogen (secondary N) is 1. The van der Waals surface area contributed by atoms with Gasteiger partial charge in [0.05, 0.1) is 5.92 Å². The van der Waals surface area contributed by atoms with E-state index in [1.807, 2.05) is 26.0 Å². The molecule has 0 heterocycles. The number of rotatable bonds is 3. The van der Waals surface area contributed by atoms with Crippen molar-refractivity contribution in [2.75, 3.05) is 5.32 Å². The molecule has 0 radical (unpaired) electrons. The summed E-state index contributed by atoms with van der Waals surface area (Å²) in [6.45, 7) is 3.85. The molecule has 4 nitrogen and oxygen atoms in total. The molecule has 1 fully saturated rings. The molecule has 5 heteroatoms. The minimum absolute atomic E-state index is 0.214. The fourth-order valence-corrected chi connectivity index (χ4v) is 3.79. The summed E-state index contributed by atoms with van der Waals surface area (Å²) in [7, 11) is 0. The molecule has 1 amide bonds. The molecule has 2 aliphatic rings. The van der Waals surface area contributed by atoms with Gasteiger partial charge < -0.3 is 15.2 Å². The van der Waals surface area contributed by atoms with E-state index in [9.17, 15) is 19.1 Å². The van der Waals surface area contributed by atoms with Crippen LogP contribution in [0.2, 0.25) is 0 Å². The molecule has 1 saturated carbocycles. The highest BCUT2D eigenvalue weighted by Crippen LogP contribution is 2.53. The van der Waals surface area contributed by atoms with Crippen molar-refractivity contribution in [3.05, 3.63) is 53.4 Å². The first-order chi connectivity index (χ1) is 10.9. The number of amides is 1. The third-order valence-electron chi connectivity index (χ3n) is 4.67. The van der Waals surface area contributed by atoms with Crippen molar-refractivity contribution in [3.8, 4) is 0 Å². The highest BCUT2D eigenvalue weighted by atomic mass is 19.1. The third kappa shape index (κ3) is 2.56. The molecule has 4 atom stereocenters. The Morgan fingerprint density at radius 2 is 1.61 bits per heavy atom. The number of carboxylic acids is 1. The quantitative estimate of drug-likeness (QED) is 0.866. The van der Waals surface area contributed by atoms with Gasteiger partial charge in [-0.3, -0.25) is 4.79 Å². The Balaban J connectivity index is 1.89. The summed E-state index contributed by atoms with van der Waals surface area (Å²) in [6, 6.07) is 5.39. The minimum Gasteiger partial charge on any atom is -0.550 e. The number of carbonyl (C=O) groups excluding carboxylic acids is 2. The molecule has 1 N–H and O–H groups in total. The van der Waals surface area contributed by atoms with Crippen LogP contribution in [0.4, 0.5) is 10.1 Å². The Labute approximate surface area is 133 Å². The Morgan fingerprint density at radius 3 is 2.13 bits per heavy atom. The van der Waals surface area contributed by atoms with E-state index in [-0.39, 0.29) is 17.7 Å². The van der Waals surface area contributed by atoms with Crippen molar-refractivity contribution in [2.45, 2.75) is 13.8 Å². The number of hydrogen-bond acceptors (Lipinski definition) is 3. The van der Waals surface area contributed by atoms with E-state index in [1.165, 1.54) is 24.3 Å². The zero-order valence-corrected chi connectivity index (χ0v) is 12.9. The summed E-state index contributed by atoms with van der Waals surface area (Å²) >= 11 is 0. The molecule has 0 aliphatic heterocycles. The number of carboxylic acid groups (broad SMARTS) is 1. The van der Waals surface area contributed by atoms with Gasteiger partial charge >= 0.3 is 0 Å². The van der Waals surface area contributed by atoms with Crippen molar-refractivity contribution in [1.29, 1.82) is 0 Å². The molecular formula is C18H17FNO3-. The second-order valence-electron chi connectivity index (χ2n) is 6.26. The lowest BCUT2D eigenvalue weighted by atomic mass is 9.82. The average molecular weight is 314 g/mol. The van der Waals surface area contributed by atoms with Gasteiger partial charge in [-0.15, -0.1) is 0 Å². The van der Waals surface area contributed by atoms with Gasteiger partial charge in [-0.05, 0) is 38.1 Å². The maximum absolute atomic E-state index is 12.9. The molecule has 1 aromatic rings. The average Bonchev–Trinajstić information content (AvgIpc) is 3.05. The van der Waals surface area contributed by atoms with E-state index in [4.69, 9.17) is 0 Å². The highest BCUT2D eigenvalue weighted by molar-refractivity contribution is 5.97. The molecule has 0 unspecified atom stereocenters. The molecule has 1 aromatic carbocycles. The first kappa shape index (κ1) is 15.5. The summed E-state index contributed by atoms with van der Waals surface area (Å²) in [4.78, 5) is 24.2. The standard InChI is InChI=1S/C18H18FNO3/c1-9(2)14-12-7-8-13(14)16(18(22)23)15(12)17(21)20-11-5-3-10(19)4-6-11/h3-8,12-13,15-16H,1-2H3,(H,20,21)(H,22,23)/p-1/t12-,13+,15-,16+/m1/s1. The van der Waals surface area contributed by atoms with Gasteiger partial charge in [0.15, 0.2) is 0 Å². The Bertz CT molecular complexity index is 716. The normalized spacial score (nSPS) is 28.0. The van der Waals surface area contributed by atoms with Crippen LogP contribution in [-0.2, 0) is 9.59 Å². The summed E-state index contributed by atoms with van der Waals surface area (Å²) in [5, 5.41) is 14.3.